The number of aryl methyl sites for hydroxylation is 1. The Hall–Kier alpha value is -4.98. The molecule has 14 heteroatoms. The van der Waals surface area contributed by atoms with Crippen LogP contribution in [0.3, 0.4) is 0 Å². The van der Waals surface area contributed by atoms with Crippen LogP contribution in [0.1, 0.15) is 51.6 Å². The van der Waals surface area contributed by atoms with Gasteiger partial charge in [-0.05, 0) is 50.0 Å². The number of nitrogens with one attached hydrogen (secondary N) is 3. The van der Waals surface area contributed by atoms with E-state index in [4.69, 9.17) is 15.6 Å². The Balaban J connectivity index is 1.55. The molecule has 0 saturated carbocycles. The minimum atomic E-state index is -0.732. The number of carbonyl (C=O) groups excluding carboxylic acids is 3. The minimum Gasteiger partial charge on any atom is -0.495 e. The monoisotopic (exact) mass is 577 g/mol. The summed E-state index contributed by atoms with van der Waals surface area (Å²) >= 11 is 0. The van der Waals surface area contributed by atoms with E-state index in [0.717, 1.165) is 12.8 Å². The van der Waals surface area contributed by atoms with Crippen molar-refractivity contribution in [3.05, 3.63) is 60.1 Å². The first kappa shape index (κ1) is 30.0. The summed E-state index contributed by atoms with van der Waals surface area (Å²) in [6.45, 7) is 6.89. The SMILES string of the molecule is C=CC(=O)N1CCCC(n2cc(Nc3ncc(C(N)=O)c(Nc4c(C)cc(C(=O)NCCCO)cc4OC)n3)cn2)C1. The third-order valence-electron chi connectivity index (χ3n) is 6.81. The number of benzene rings is 1. The number of primary amides is 1. The Morgan fingerprint density at radius 3 is 2.79 bits per heavy atom. The topological polar surface area (TPSA) is 190 Å². The van der Waals surface area contributed by atoms with E-state index < -0.39 is 5.91 Å². The van der Waals surface area contributed by atoms with Crippen LogP contribution in [0, 0.1) is 6.92 Å². The molecule has 0 radical (unpaired) electrons. The molecule has 4 rings (SSSR count). The van der Waals surface area contributed by atoms with Crippen molar-refractivity contribution < 1.29 is 24.2 Å². The molecular weight excluding hydrogens is 542 g/mol. The normalized spacial score (nSPS) is 14.6. The number of hydrogen-bond acceptors (Lipinski definition) is 10. The fourth-order valence-corrected chi connectivity index (χ4v) is 4.66. The molecule has 6 N–H and O–H groups in total. The lowest BCUT2D eigenvalue weighted by atomic mass is 10.1. The molecule has 1 aliphatic heterocycles. The van der Waals surface area contributed by atoms with Gasteiger partial charge in [0.2, 0.25) is 11.9 Å². The fourth-order valence-electron chi connectivity index (χ4n) is 4.66. The number of nitrogens with zero attached hydrogens (tertiary/aromatic N) is 5. The first-order valence-corrected chi connectivity index (χ1v) is 13.5. The Morgan fingerprint density at radius 2 is 2.07 bits per heavy atom. The predicted octanol–water partition coefficient (Wildman–Crippen LogP) is 2.04. The second kappa shape index (κ2) is 13.6. The summed E-state index contributed by atoms with van der Waals surface area (Å²) in [5.41, 5.74) is 7.79. The van der Waals surface area contributed by atoms with Gasteiger partial charge in [0.25, 0.3) is 11.8 Å². The van der Waals surface area contributed by atoms with Crippen LogP contribution in [-0.4, -0.2) is 80.8 Å². The molecule has 0 bridgehead atoms. The zero-order valence-corrected chi connectivity index (χ0v) is 23.6. The lowest BCUT2D eigenvalue weighted by molar-refractivity contribution is -0.127. The van der Waals surface area contributed by atoms with Crippen LogP contribution in [0.15, 0.2) is 43.4 Å². The lowest BCUT2D eigenvalue weighted by Gasteiger charge is -2.32. The van der Waals surface area contributed by atoms with Crippen molar-refractivity contribution in [2.24, 2.45) is 5.73 Å². The van der Waals surface area contributed by atoms with E-state index in [9.17, 15) is 14.4 Å². The molecule has 42 heavy (non-hydrogen) atoms. The molecule has 1 aromatic carbocycles. The third-order valence-corrected chi connectivity index (χ3v) is 6.81. The summed E-state index contributed by atoms with van der Waals surface area (Å²) in [7, 11) is 1.46. The van der Waals surface area contributed by atoms with Crippen molar-refractivity contribution >= 4 is 40.9 Å². The van der Waals surface area contributed by atoms with Gasteiger partial charge in [-0.1, -0.05) is 6.58 Å². The third kappa shape index (κ3) is 7.01. The Labute approximate surface area is 243 Å². The number of nitrogens with two attached hydrogens (primary N) is 1. The van der Waals surface area contributed by atoms with Gasteiger partial charge < -0.3 is 36.4 Å². The molecule has 0 aliphatic carbocycles. The molecule has 14 nitrogen and oxygen atoms in total. The number of aliphatic hydroxyl groups excluding tert-OH is 1. The molecule has 1 aliphatic rings. The minimum absolute atomic E-state index is 0.0174. The van der Waals surface area contributed by atoms with Gasteiger partial charge in [-0.15, -0.1) is 0 Å². The summed E-state index contributed by atoms with van der Waals surface area (Å²) in [5.74, 6) is -0.467. The molecule has 1 fully saturated rings. The fraction of sp³-hybridized carbons (Fsp3) is 0.357. The van der Waals surface area contributed by atoms with Crippen molar-refractivity contribution in [3.8, 4) is 5.75 Å². The maximum atomic E-state index is 12.5. The molecule has 1 unspecified atom stereocenters. The largest absolute Gasteiger partial charge is 0.495 e. The number of carbonyl (C=O) groups is 3. The van der Waals surface area contributed by atoms with E-state index in [-0.39, 0.29) is 41.8 Å². The van der Waals surface area contributed by atoms with E-state index in [1.165, 1.54) is 19.4 Å². The van der Waals surface area contributed by atoms with Gasteiger partial charge in [-0.2, -0.15) is 10.1 Å². The summed E-state index contributed by atoms with van der Waals surface area (Å²) in [4.78, 5) is 47.3. The van der Waals surface area contributed by atoms with Crippen LogP contribution < -0.4 is 26.4 Å². The van der Waals surface area contributed by atoms with Gasteiger partial charge in [0, 0.05) is 44.2 Å². The van der Waals surface area contributed by atoms with E-state index in [1.807, 2.05) is 6.20 Å². The number of aromatic nitrogens is 4. The van der Waals surface area contributed by atoms with Gasteiger partial charge in [-0.25, -0.2) is 4.98 Å². The van der Waals surface area contributed by atoms with Crippen LogP contribution in [0.25, 0.3) is 0 Å². The van der Waals surface area contributed by atoms with Crippen molar-refractivity contribution in [1.82, 2.24) is 30.0 Å². The van der Waals surface area contributed by atoms with Crippen LogP contribution in [0.2, 0.25) is 0 Å². The zero-order chi connectivity index (χ0) is 30.2. The summed E-state index contributed by atoms with van der Waals surface area (Å²) in [5, 5.41) is 22.4. The van der Waals surface area contributed by atoms with Gasteiger partial charge in [-0.3, -0.25) is 19.1 Å². The maximum absolute atomic E-state index is 12.5. The lowest BCUT2D eigenvalue weighted by Crippen LogP contribution is -2.39. The van der Waals surface area contributed by atoms with Crippen LogP contribution in [0.5, 0.6) is 5.75 Å². The van der Waals surface area contributed by atoms with Crippen molar-refractivity contribution in [3.63, 3.8) is 0 Å². The second-order valence-corrected chi connectivity index (χ2v) is 9.77. The first-order valence-electron chi connectivity index (χ1n) is 13.5. The molecular formula is C28H35N9O5. The molecule has 1 saturated heterocycles. The number of anilines is 4. The number of amides is 3. The van der Waals surface area contributed by atoms with E-state index in [0.29, 0.717) is 54.3 Å². The molecule has 3 amide bonds. The van der Waals surface area contributed by atoms with Crippen LogP contribution in [0.4, 0.5) is 23.1 Å². The number of ether oxygens (including phenoxy) is 1. The van der Waals surface area contributed by atoms with Crippen LogP contribution >= 0.6 is 0 Å². The summed E-state index contributed by atoms with van der Waals surface area (Å²) in [6.07, 6.45) is 8.25. The van der Waals surface area contributed by atoms with E-state index in [1.54, 1.807) is 34.8 Å². The van der Waals surface area contributed by atoms with Crippen molar-refractivity contribution in [1.29, 1.82) is 0 Å². The molecule has 222 valence electrons. The highest BCUT2D eigenvalue weighted by atomic mass is 16.5. The second-order valence-electron chi connectivity index (χ2n) is 9.77. The average molecular weight is 578 g/mol. The van der Waals surface area contributed by atoms with Gasteiger partial charge in [0.05, 0.1) is 30.7 Å². The summed E-state index contributed by atoms with van der Waals surface area (Å²) < 4.78 is 7.34. The molecule has 3 heterocycles. The van der Waals surface area contributed by atoms with Gasteiger partial charge >= 0.3 is 0 Å². The number of aliphatic hydroxyl groups is 1. The number of hydrogen-bond donors (Lipinski definition) is 5. The molecule has 2 aromatic heterocycles. The Morgan fingerprint density at radius 1 is 1.26 bits per heavy atom. The average Bonchev–Trinajstić information content (AvgIpc) is 3.46. The highest BCUT2D eigenvalue weighted by Crippen LogP contribution is 2.33. The Bertz CT molecular complexity index is 1470. The van der Waals surface area contributed by atoms with Gasteiger partial charge in [0.15, 0.2) is 0 Å². The van der Waals surface area contributed by atoms with E-state index >= 15 is 0 Å². The smallest absolute Gasteiger partial charge is 0.254 e. The quantitative estimate of drug-likeness (QED) is 0.157. The predicted molar refractivity (Wildman–Crippen MR) is 156 cm³/mol. The summed E-state index contributed by atoms with van der Waals surface area (Å²) in [6, 6.07) is 3.26. The van der Waals surface area contributed by atoms with Crippen LogP contribution in [-0.2, 0) is 4.79 Å². The molecule has 0 spiro atoms. The Kier molecular flexibility index (Phi) is 9.70. The number of likely N-dealkylation sites (tertiary alicyclic amines) is 1. The first-order chi connectivity index (χ1) is 20.2. The maximum Gasteiger partial charge on any atom is 0.254 e. The molecule has 3 aromatic rings. The highest BCUT2D eigenvalue weighted by Gasteiger charge is 2.24. The number of rotatable bonds is 12. The van der Waals surface area contributed by atoms with E-state index in [2.05, 4.69) is 37.6 Å². The highest BCUT2D eigenvalue weighted by molar-refractivity contribution is 5.99. The number of piperidine rings is 1. The van der Waals surface area contributed by atoms with Gasteiger partial charge in [0.1, 0.15) is 17.1 Å². The molecule has 1 atom stereocenters. The van der Waals surface area contributed by atoms with Crippen molar-refractivity contribution in [2.75, 3.05) is 44.0 Å². The van der Waals surface area contributed by atoms with Crippen molar-refractivity contribution in [2.45, 2.75) is 32.2 Å². The standard InChI is InChI=1S/C28H35N9O5/c1-4-23(39)36-9-5-7-20(16-36)37-15-19(13-32-37)33-28-31-14-21(25(29)40)26(35-28)34-24-17(2)11-18(12-22(24)42-3)27(41)30-8-6-10-38/h4,11-15,20,38H,1,5-10,16H2,2-3H3,(H2,29,40)(H,30,41)(H2,31,33,34,35). The zero-order valence-electron chi connectivity index (χ0n) is 23.6. The number of methoxy groups -OCH3 is 1.